The van der Waals surface area contributed by atoms with E-state index in [9.17, 15) is 9.59 Å². The molecule has 94 valence electrons. The third-order valence-corrected chi connectivity index (χ3v) is 2.48. The van der Waals surface area contributed by atoms with Gasteiger partial charge in [0.1, 0.15) is 0 Å². The fourth-order valence-electron chi connectivity index (χ4n) is 0.906. The van der Waals surface area contributed by atoms with Crippen LogP contribution >= 0.6 is 11.3 Å². The molecule has 0 aliphatic carbocycles. The van der Waals surface area contributed by atoms with Crippen molar-refractivity contribution in [2.24, 2.45) is 0 Å². The molecule has 17 heavy (non-hydrogen) atoms. The highest BCUT2D eigenvalue weighted by Crippen LogP contribution is 2.09. The molecule has 0 unspecified atom stereocenters. The number of amides is 3. The van der Waals surface area contributed by atoms with E-state index >= 15 is 0 Å². The number of carbonyl (C=O) groups excluding carboxylic acids is 2. The van der Waals surface area contributed by atoms with E-state index in [-0.39, 0.29) is 22.1 Å². The topological polar surface area (TPSA) is 113 Å². The van der Waals surface area contributed by atoms with Gasteiger partial charge in [-0.15, -0.1) is 10.2 Å². The van der Waals surface area contributed by atoms with E-state index < -0.39 is 0 Å². The van der Waals surface area contributed by atoms with E-state index in [0.29, 0.717) is 13.1 Å². The Morgan fingerprint density at radius 3 is 2.47 bits per heavy atom. The van der Waals surface area contributed by atoms with Crippen LogP contribution in [0.5, 0.6) is 0 Å². The van der Waals surface area contributed by atoms with Crippen LogP contribution in [-0.4, -0.2) is 54.2 Å². The lowest BCUT2D eigenvalue weighted by molar-refractivity contribution is 0.0952. The number of urea groups is 1. The Balaban J connectivity index is 2.23. The first-order chi connectivity index (χ1) is 8.00. The first-order valence-corrected chi connectivity index (χ1v) is 5.64. The van der Waals surface area contributed by atoms with Gasteiger partial charge in [0, 0.05) is 27.2 Å². The minimum absolute atomic E-state index is 0.209. The minimum atomic E-state index is -0.349. The molecule has 1 rings (SSSR count). The Kier molecular flexibility index (Phi) is 4.64. The first-order valence-electron chi connectivity index (χ1n) is 4.83. The second kappa shape index (κ2) is 5.99. The van der Waals surface area contributed by atoms with E-state index in [2.05, 4.69) is 20.8 Å². The number of anilines is 1. The van der Waals surface area contributed by atoms with Gasteiger partial charge in [-0.3, -0.25) is 4.79 Å². The lowest BCUT2D eigenvalue weighted by Gasteiger charge is -2.11. The number of hydrogen-bond donors (Lipinski definition) is 3. The maximum atomic E-state index is 11.5. The molecule has 4 N–H and O–H groups in total. The van der Waals surface area contributed by atoms with Gasteiger partial charge in [0.25, 0.3) is 5.91 Å². The van der Waals surface area contributed by atoms with Crippen LogP contribution in [-0.2, 0) is 0 Å². The summed E-state index contributed by atoms with van der Waals surface area (Å²) in [5.41, 5.74) is 5.35. The van der Waals surface area contributed by atoms with Gasteiger partial charge in [0.05, 0.1) is 0 Å². The fraction of sp³-hybridized carbons (Fsp3) is 0.500. The molecule has 0 atom stereocenters. The SMILES string of the molecule is CN(C)C(=O)NCCNC(=O)c1nnc(N)s1. The van der Waals surface area contributed by atoms with Crippen molar-refractivity contribution in [3.05, 3.63) is 5.01 Å². The number of nitrogens with zero attached hydrogens (tertiary/aromatic N) is 3. The van der Waals surface area contributed by atoms with E-state index in [1.165, 1.54) is 4.90 Å². The molecule has 0 bridgehead atoms. The molecule has 8 nitrogen and oxygen atoms in total. The van der Waals surface area contributed by atoms with E-state index in [4.69, 9.17) is 5.73 Å². The molecule has 0 fully saturated rings. The lowest BCUT2D eigenvalue weighted by Crippen LogP contribution is -2.39. The molecule has 0 aromatic carbocycles. The fourth-order valence-corrected chi connectivity index (χ4v) is 1.43. The normalized spacial score (nSPS) is 9.76. The van der Waals surface area contributed by atoms with Crippen molar-refractivity contribution < 1.29 is 9.59 Å². The van der Waals surface area contributed by atoms with Gasteiger partial charge in [-0.2, -0.15) is 0 Å². The van der Waals surface area contributed by atoms with Gasteiger partial charge in [0.15, 0.2) is 0 Å². The van der Waals surface area contributed by atoms with Crippen molar-refractivity contribution in [2.75, 3.05) is 32.9 Å². The molecule has 3 amide bonds. The molecule has 9 heteroatoms. The maximum Gasteiger partial charge on any atom is 0.316 e. The van der Waals surface area contributed by atoms with Crippen molar-refractivity contribution in [1.29, 1.82) is 0 Å². The Morgan fingerprint density at radius 2 is 1.94 bits per heavy atom. The first kappa shape index (κ1) is 13.2. The number of carbonyl (C=O) groups is 2. The number of nitrogens with two attached hydrogens (primary N) is 1. The molecule has 1 aromatic rings. The Morgan fingerprint density at radius 1 is 1.29 bits per heavy atom. The van der Waals surface area contributed by atoms with Crippen LogP contribution in [0.4, 0.5) is 9.93 Å². The highest BCUT2D eigenvalue weighted by molar-refractivity contribution is 7.16. The van der Waals surface area contributed by atoms with Crippen LogP contribution in [0.1, 0.15) is 9.80 Å². The molecule has 1 heterocycles. The Hall–Kier alpha value is -1.90. The predicted molar refractivity (Wildman–Crippen MR) is 63.7 cm³/mol. The van der Waals surface area contributed by atoms with Gasteiger partial charge in [-0.05, 0) is 0 Å². The summed E-state index contributed by atoms with van der Waals surface area (Å²) >= 11 is 1.01. The van der Waals surface area contributed by atoms with Crippen molar-refractivity contribution in [1.82, 2.24) is 25.7 Å². The van der Waals surface area contributed by atoms with Crippen LogP contribution in [0.25, 0.3) is 0 Å². The van der Waals surface area contributed by atoms with Crippen molar-refractivity contribution >= 4 is 28.4 Å². The predicted octanol–water partition coefficient (Wildman–Crippen LogP) is -0.879. The maximum absolute atomic E-state index is 11.5. The smallest absolute Gasteiger partial charge is 0.316 e. The lowest BCUT2D eigenvalue weighted by atomic mass is 10.5. The summed E-state index contributed by atoms with van der Waals surface area (Å²) in [7, 11) is 3.27. The summed E-state index contributed by atoms with van der Waals surface area (Å²) < 4.78 is 0. The molecule has 0 radical (unpaired) electrons. The summed E-state index contributed by atoms with van der Waals surface area (Å²) in [4.78, 5) is 24.0. The Labute approximate surface area is 102 Å². The van der Waals surface area contributed by atoms with Gasteiger partial charge in [0.2, 0.25) is 10.1 Å². The average molecular weight is 258 g/mol. The highest BCUT2D eigenvalue weighted by Gasteiger charge is 2.10. The largest absolute Gasteiger partial charge is 0.374 e. The van der Waals surface area contributed by atoms with Crippen molar-refractivity contribution in [3.8, 4) is 0 Å². The van der Waals surface area contributed by atoms with Gasteiger partial charge >= 0.3 is 6.03 Å². The zero-order valence-corrected chi connectivity index (χ0v) is 10.4. The van der Waals surface area contributed by atoms with Crippen LogP contribution < -0.4 is 16.4 Å². The van der Waals surface area contributed by atoms with E-state index in [1.54, 1.807) is 14.1 Å². The number of rotatable bonds is 4. The molecule has 0 aliphatic rings. The second-order valence-corrected chi connectivity index (χ2v) is 4.34. The number of aromatic nitrogens is 2. The zero-order valence-electron chi connectivity index (χ0n) is 9.56. The van der Waals surface area contributed by atoms with Gasteiger partial charge < -0.3 is 21.3 Å². The summed E-state index contributed by atoms with van der Waals surface area (Å²) in [5.74, 6) is -0.349. The van der Waals surface area contributed by atoms with E-state index in [0.717, 1.165) is 11.3 Å². The van der Waals surface area contributed by atoms with Crippen molar-refractivity contribution in [3.63, 3.8) is 0 Å². The van der Waals surface area contributed by atoms with Gasteiger partial charge in [-0.25, -0.2) is 4.79 Å². The molecule has 0 saturated heterocycles. The third-order valence-electron chi connectivity index (χ3n) is 1.73. The molecule has 0 aliphatic heterocycles. The number of nitrogen functional groups attached to an aromatic ring is 1. The molecular weight excluding hydrogens is 244 g/mol. The van der Waals surface area contributed by atoms with Crippen LogP contribution in [0.15, 0.2) is 0 Å². The molecular formula is C8H14N6O2S. The Bertz CT molecular complexity index is 404. The van der Waals surface area contributed by atoms with Crippen LogP contribution in [0, 0.1) is 0 Å². The number of nitrogens with one attached hydrogen (secondary N) is 2. The molecule has 1 aromatic heterocycles. The summed E-state index contributed by atoms with van der Waals surface area (Å²) in [6.45, 7) is 0.662. The number of hydrogen-bond acceptors (Lipinski definition) is 6. The molecule has 0 spiro atoms. The molecule has 0 saturated carbocycles. The van der Waals surface area contributed by atoms with Crippen LogP contribution in [0.2, 0.25) is 0 Å². The summed E-state index contributed by atoms with van der Waals surface area (Å²) in [6, 6.07) is -0.209. The monoisotopic (exact) mass is 258 g/mol. The van der Waals surface area contributed by atoms with Crippen LogP contribution in [0.3, 0.4) is 0 Å². The van der Waals surface area contributed by atoms with Crippen molar-refractivity contribution in [2.45, 2.75) is 0 Å². The second-order valence-electron chi connectivity index (χ2n) is 3.33. The zero-order chi connectivity index (χ0) is 12.8. The highest BCUT2D eigenvalue weighted by atomic mass is 32.1. The van der Waals surface area contributed by atoms with Gasteiger partial charge in [-0.1, -0.05) is 11.3 Å². The third kappa shape index (κ3) is 4.23. The quantitative estimate of drug-likeness (QED) is 0.607. The summed E-state index contributed by atoms with van der Waals surface area (Å²) in [5, 5.41) is 12.8. The minimum Gasteiger partial charge on any atom is -0.374 e. The van der Waals surface area contributed by atoms with E-state index in [1.807, 2.05) is 0 Å². The standard InChI is InChI=1S/C8H14N6O2S/c1-14(2)8(16)11-4-3-10-5(15)6-12-13-7(9)17-6/h3-4H2,1-2H3,(H2,9,13)(H,10,15)(H,11,16). The summed E-state index contributed by atoms with van der Waals surface area (Å²) in [6.07, 6.45) is 0. The average Bonchev–Trinajstić information content (AvgIpc) is 2.70.